The summed E-state index contributed by atoms with van der Waals surface area (Å²) in [6.45, 7) is 5.47. The van der Waals surface area contributed by atoms with Crippen molar-refractivity contribution in [2.45, 2.75) is 25.9 Å². The molecule has 166 valence electrons. The van der Waals surface area contributed by atoms with E-state index in [1.54, 1.807) is 37.3 Å². The number of nitriles is 1. The Morgan fingerprint density at radius 2 is 1.84 bits per heavy atom. The van der Waals surface area contributed by atoms with Crippen molar-refractivity contribution in [2.24, 2.45) is 0 Å². The van der Waals surface area contributed by atoms with Crippen LogP contribution in [0, 0.1) is 17.1 Å². The maximum atomic E-state index is 13.4. The molecule has 0 radical (unpaired) electrons. The molecule has 0 saturated heterocycles. The lowest BCUT2D eigenvalue weighted by atomic mass is 10.1. The van der Waals surface area contributed by atoms with Gasteiger partial charge in [0, 0.05) is 17.7 Å². The first-order valence-electron chi connectivity index (χ1n) is 9.78. The predicted octanol–water partition coefficient (Wildman–Crippen LogP) is 6.75. The fraction of sp³-hybridized carbons (Fsp3) is 0.200. The monoisotopic (exact) mass is 442 g/mol. The predicted molar refractivity (Wildman–Crippen MR) is 117 cm³/mol. The van der Waals surface area contributed by atoms with Crippen LogP contribution in [0.4, 0.5) is 23.2 Å². The Bertz CT molecular complexity index is 1060. The third-order valence-electron chi connectivity index (χ3n) is 4.60. The first-order valence-corrected chi connectivity index (χ1v) is 9.78. The van der Waals surface area contributed by atoms with E-state index >= 15 is 0 Å². The highest BCUT2D eigenvalue weighted by Crippen LogP contribution is 2.24. The van der Waals surface area contributed by atoms with Crippen molar-refractivity contribution in [1.82, 2.24) is 0 Å². The fourth-order valence-corrected chi connectivity index (χ4v) is 2.81. The van der Waals surface area contributed by atoms with E-state index in [-0.39, 0.29) is 18.5 Å². The summed E-state index contributed by atoms with van der Waals surface area (Å²) in [5.41, 5.74) is 1.99. The molecular formula is C25H22F4N2O. The molecule has 2 rings (SSSR count). The summed E-state index contributed by atoms with van der Waals surface area (Å²) >= 11 is 0. The molecule has 2 aromatic rings. The zero-order chi connectivity index (χ0) is 23.7. The number of hydrogen-bond donors (Lipinski definition) is 0. The van der Waals surface area contributed by atoms with Crippen molar-refractivity contribution in [3.63, 3.8) is 0 Å². The van der Waals surface area contributed by atoms with Crippen LogP contribution in [-0.4, -0.2) is 18.6 Å². The number of hydrogen-bond acceptors (Lipinski definition) is 2. The molecule has 2 aromatic carbocycles. The standard InChI is InChI=1S/C25H22F4N2O/c1-3-19(8-7-18(2)13-14-25(27,28)29)17-31(23-11-9-22(26)10-12-23)24(32)21-6-4-5-20(15-21)16-30/h3-12,15H,2,13-14,17H2,1H3/b8-7-,19-3+. The van der Waals surface area contributed by atoms with Crippen LogP contribution in [0.2, 0.25) is 0 Å². The summed E-state index contributed by atoms with van der Waals surface area (Å²) in [6, 6.07) is 13.6. The van der Waals surface area contributed by atoms with E-state index in [0.29, 0.717) is 22.4 Å². The van der Waals surface area contributed by atoms with Crippen LogP contribution in [-0.2, 0) is 0 Å². The van der Waals surface area contributed by atoms with Crippen molar-refractivity contribution >= 4 is 11.6 Å². The van der Waals surface area contributed by atoms with Gasteiger partial charge in [-0.05, 0) is 61.4 Å². The number of halogens is 4. The van der Waals surface area contributed by atoms with Crippen LogP contribution in [0.1, 0.15) is 35.7 Å². The van der Waals surface area contributed by atoms with Crippen molar-refractivity contribution in [1.29, 1.82) is 5.26 Å². The van der Waals surface area contributed by atoms with Gasteiger partial charge in [0.1, 0.15) is 5.82 Å². The van der Waals surface area contributed by atoms with E-state index in [9.17, 15) is 22.4 Å². The van der Waals surface area contributed by atoms with Crippen LogP contribution in [0.3, 0.4) is 0 Å². The second-order valence-electron chi connectivity index (χ2n) is 7.03. The average Bonchev–Trinajstić information content (AvgIpc) is 2.78. The maximum Gasteiger partial charge on any atom is 0.389 e. The first-order chi connectivity index (χ1) is 15.1. The average molecular weight is 442 g/mol. The normalized spacial score (nSPS) is 11.9. The number of carbonyl (C=O) groups excluding carboxylic acids is 1. The molecule has 0 fully saturated rings. The van der Waals surface area contributed by atoms with Crippen LogP contribution in [0.25, 0.3) is 0 Å². The molecule has 0 aromatic heterocycles. The van der Waals surface area contributed by atoms with Gasteiger partial charge in [-0.3, -0.25) is 4.79 Å². The van der Waals surface area contributed by atoms with Crippen LogP contribution in [0.5, 0.6) is 0 Å². The van der Waals surface area contributed by atoms with Gasteiger partial charge in [0.2, 0.25) is 0 Å². The highest BCUT2D eigenvalue weighted by atomic mass is 19.4. The summed E-state index contributed by atoms with van der Waals surface area (Å²) < 4.78 is 50.6. The van der Waals surface area contributed by atoms with E-state index < -0.39 is 24.3 Å². The van der Waals surface area contributed by atoms with Gasteiger partial charge in [0.05, 0.1) is 18.2 Å². The zero-order valence-corrected chi connectivity index (χ0v) is 17.5. The molecule has 7 heteroatoms. The zero-order valence-electron chi connectivity index (χ0n) is 17.5. The second kappa shape index (κ2) is 11.1. The van der Waals surface area contributed by atoms with E-state index in [0.717, 1.165) is 0 Å². The molecule has 0 saturated carbocycles. The summed E-state index contributed by atoms with van der Waals surface area (Å²) in [4.78, 5) is 14.6. The number of alkyl halides is 3. The minimum atomic E-state index is -4.26. The molecule has 0 unspecified atom stereocenters. The largest absolute Gasteiger partial charge is 0.389 e. The molecule has 0 aliphatic rings. The smallest absolute Gasteiger partial charge is 0.304 e. The summed E-state index contributed by atoms with van der Waals surface area (Å²) in [7, 11) is 0. The second-order valence-corrected chi connectivity index (χ2v) is 7.03. The number of anilines is 1. The third kappa shape index (κ3) is 7.55. The highest BCUT2D eigenvalue weighted by Gasteiger charge is 2.26. The summed E-state index contributed by atoms with van der Waals surface area (Å²) in [5, 5.41) is 9.12. The van der Waals surface area contributed by atoms with E-state index in [1.165, 1.54) is 41.3 Å². The van der Waals surface area contributed by atoms with Crippen LogP contribution >= 0.6 is 0 Å². The van der Waals surface area contributed by atoms with Crippen LogP contribution in [0.15, 0.2) is 84.5 Å². The number of amides is 1. The molecule has 0 atom stereocenters. The molecular weight excluding hydrogens is 420 g/mol. The minimum Gasteiger partial charge on any atom is -0.304 e. The highest BCUT2D eigenvalue weighted by molar-refractivity contribution is 6.06. The Balaban J connectivity index is 2.28. The Morgan fingerprint density at radius 1 is 1.16 bits per heavy atom. The Morgan fingerprint density at radius 3 is 2.44 bits per heavy atom. The number of nitrogens with zero attached hydrogens (tertiary/aromatic N) is 2. The van der Waals surface area contributed by atoms with Gasteiger partial charge in [-0.2, -0.15) is 18.4 Å². The molecule has 0 heterocycles. The lowest BCUT2D eigenvalue weighted by Crippen LogP contribution is -2.32. The maximum absolute atomic E-state index is 13.4. The molecule has 0 bridgehead atoms. The number of allylic oxidation sites excluding steroid dienone is 3. The molecule has 0 N–H and O–H groups in total. The molecule has 0 aliphatic heterocycles. The van der Waals surface area contributed by atoms with E-state index in [4.69, 9.17) is 5.26 Å². The molecule has 1 amide bonds. The topological polar surface area (TPSA) is 44.1 Å². The molecule has 0 spiro atoms. The Labute approximate surface area is 184 Å². The van der Waals surface area contributed by atoms with Crippen molar-refractivity contribution < 1.29 is 22.4 Å². The quantitative estimate of drug-likeness (QED) is 0.335. The van der Waals surface area contributed by atoms with Gasteiger partial charge in [-0.1, -0.05) is 36.4 Å². The van der Waals surface area contributed by atoms with E-state index in [2.05, 4.69) is 6.58 Å². The van der Waals surface area contributed by atoms with Gasteiger partial charge in [0.25, 0.3) is 5.91 Å². The van der Waals surface area contributed by atoms with Gasteiger partial charge < -0.3 is 4.90 Å². The lowest BCUT2D eigenvalue weighted by Gasteiger charge is -2.24. The van der Waals surface area contributed by atoms with Crippen molar-refractivity contribution in [3.8, 4) is 6.07 Å². The van der Waals surface area contributed by atoms with Crippen molar-refractivity contribution in [2.75, 3.05) is 11.4 Å². The fourth-order valence-electron chi connectivity index (χ4n) is 2.81. The van der Waals surface area contributed by atoms with Gasteiger partial charge in [-0.15, -0.1) is 0 Å². The third-order valence-corrected chi connectivity index (χ3v) is 4.60. The summed E-state index contributed by atoms with van der Waals surface area (Å²) in [5.74, 6) is -0.864. The number of benzene rings is 2. The first kappa shape index (κ1) is 24.6. The van der Waals surface area contributed by atoms with Gasteiger partial charge >= 0.3 is 6.18 Å². The Hall–Kier alpha value is -3.66. The van der Waals surface area contributed by atoms with E-state index in [1.807, 2.05) is 6.07 Å². The van der Waals surface area contributed by atoms with Gasteiger partial charge in [-0.25, -0.2) is 4.39 Å². The van der Waals surface area contributed by atoms with Gasteiger partial charge in [0.15, 0.2) is 0 Å². The molecule has 3 nitrogen and oxygen atoms in total. The number of carbonyl (C=O) groups is 1. The number of rotatable bonds is 8. The SMILES string of the molecule is C=C(/C=C\C(=C/C)CN(C(=O)c1cccc(C#N)c1)c1ccc(F)cc1)CCC(F)(F)F. The lowest BCUT2D eigenvalue weighted by molar-refractivity contribution is -0.133. The van der Waals surface area contributed by atoms with Crippen LogP contribution < -0.4 is 4.90 Å². The Kier molecular flexibility index (Phi) is 8.54. The molecule has 32 heavy (non-hydrogen) atoms. The van der Waals surface area contributed by atoms with Crippen molar-refractivity contribution in [3.05, 3.63) is 101 Å². The molecule has 0 aliphatic carbocycles. The minimum absolute atomic E-state index is 0.0841. The summed E-state index contributed by atoms with van der Waals surface area (Å²) in [6.07, 6.45) is -0.624.